The van der Waals surface area contributed by atoms with Crippen molar-refractivity contribution in [1.82, 2.24) is 9.55 Å². The third kappa shape index (κ3) is 2.18. The number of hydrogen-bond acceptors (Lipinski definition) is 2. The number of hydrogen-bond donors (Lipinski definition) is 1. The quantitative estimate of drug-likeness (QED) is 0.908. The van der Waals surface area contributed by atoms with Gasteiger partial charge < -0.3 is 9.88 Å². The van der Waals surface area contributed by atoms with Crippen molar-refractivity contribution in [3.63, 3.8) is 0 Å². The molecule has 1 N–H and O–H groups in total. The van der Waals surface area contributed by atoms with E-state index in [1.165, 1.54) is 6.07 Å². The molecule has 0 aliphatic heterocycles. The molecule has 0 bridgehead atoms. The standard InChI is InChI=1S/C10H9BrFN3/c1-15-5-4-13-10(15)14-7-2-3-8(11)9(12)6-7/h2-6H,1H3,(H,13,14). The van der Waals surface area contributed by atoms with Crippen molar-refractivity contribution < 1.29 is 4.39 Å². The fraction of sp³-hybridized carbons (Fsp3) is 0.100. The summed E-state index contributed by atoms with van der Waals surface area (Å²) in [6.45, 7) is 0. The SMILES string of the molecule is Cn1ccnc1Nc1ccc(Br)c(F)c1. The lowest BCUT2D eigenvalue weighted by Gasteiger charge is -2.06. The average molecular weight is 270 g/mol. The predicted molar refractivity (Wildman–Crippen MR) is 60.6 cm³/mol. The molecule has 0 aliphatic carbocycles. The minimum Gasteiger partial charge on any atom is -0.326 e. The lowest BCUT2D eigenvalue weighted by Crippen LogP contribution is -1.98. The van der Waals surface area contributed by atoms with Gasteiger partial charge in [0.2, 0.25) is 5.95 Å². The first-order valence-corrected chi connectivity index (χ1v) is 5.15. The van der Waals surface area contributed by atoms with Gasteiger partial charge in [-0.25, -0.2) is 9.37 Å². The first-order chi connectivity index (χ1) is 7.16. The van der Waals surface area contributed by atoms with E-state index in [9.17, 15) is 4.39 Å². The molecule has 1 aromatic heterocycles. The molecular weight excluding hydrogens is 261 g/mol. The van der Waals surface area contributed by atoms with E-state index >= 15 is 0 Å². The summed E-state index contributed by atoms with van der Waals surface area (Å²) in [6, 6.07) is 4.85. The summed E-state index contributed by atoms with van der Waals surface area (Å²) in [5.74, 6) is 0.380. The molecule has 0 aliphatic rings. The monoisotopic (exact) mass is 269 g/mol. The van der Waals surface area contributed by atoms with Gasteiger partial charge in [0.05, 0.1) is 4.47 Å². The van der Waals surface area contributed by atoms with Crippen LogP contribution in [0.4, 0.5) is 16.0 Å². The molecule has 3 nitrogen and oxygen atoms in total. The molecule has 0 saturated heterocycles. The molecule has 1 aromatic carbocycles. The van der Waals surface area contributed by atoms with Crippen LogP contribution >= 0.6 is 15.9 Å². The van der Waals surface area contributed by atoms with Gasteiger partial charge in [-0.1, -0.05) is 0 Å². The van der Waals surface area contributed by atoms with Crippen LogP contribution in [0.1, 0.15) is 0 Å². The number of halogens is 2. The minimum atomic E-state index is -0.297. The Bertz CT molecular complexity index is 481. The topological polar surface area (TPSA) is 29.9 Å². The Labute approximate surface area is 95.1 Å². The highest BCUT2D eigenvalue weighted by Gasteiger charge is 2.03. The summed E-state index contributed by atoms with van der Waals surface area (Å²) in [4.78, 5) is 4.08. The smallest absolute Gasteiger partial charge is 0.207 e. The average Bonchev–Trinajstić information content (AvgIpc) is 2.59. The number of imidazole rings is 1. The Morgan fingerprint density at radius 2 is 2.27 bits per heavy atom. The van der Waals surface area contributed by atoms with Crippen LogP contribution in [0.5, 0.6) is 0 Å². The Morgan fingerprint density at radius 3 is 2.87 bits per heavy atom. The molecule has 0 saturated carbocycles. The molecule has 0 fully saturated rings. The third-order valence-corrected chi connectivity index (χ3v) is 2.64. The van der Waals surface area contributed by atoms with E-state index in [0.29, 0.717) is 16.1 Å². The highest BCUT2D eigenvalue weighted by Crippen LogP contribution is 2.21. The van der Waals surface area contributed by atoms with E-state index in [0.717, 1.165) is 0 Å². The molecule has 78 valence electrons. The number of nitrogens with zero attached hydrogens (tertiary/aromatic N) is 2. The van der Waals surface area contributed by atoms with Crippen molar-refractivity contribution in [3.05, 3.63) is 40.9 Å². The maximum absolute atomic E-state index is 13.2. The maximum atomic E-state index is 13.2. The largest absolute Gasteiger partial charge is 0.326 e. The second-order valence-electron chi connectivity index (χ2n) is 3.12. The van der Waals surface area contributed by atoms with E-state index in [1.807, 2.05) is 17.8 Å². The van der Waals surface area contributed by atoms with E-state index < -0.39 is 0 Å². The summed E-state index contributed by atoms with van der Waals surface area (Å²) >= 11 is 3.10. The normalized spacial score (nSPS) is 10.3. The Balaban J connectivity index is 2.25. The molecule has 0 amide bonds. The number of aryl methyl sites for hydroxylation is 1. The third-order valence-electron chi connectivity index (χ3n) is 2.00. The maximum Gasteiger partial charge on any atom is 0.207 e. The van der Waals surface area contributed by atoms with Crippen molar-refractivity contribution in [2.75, 3.05) is 5.32 Å². The van der Waals surface area contributed by atoms with Crippen LogP contribution in [-0.4, -0.2) is 9.55 Å². The lowest BCUT2D eigenvalue weighted by atomic mass is 10.3. The molecular formula is C10H9BrFN3. The van der Waals surface area contributed by atoms with Gasteiger partial charge >= 0.3 is 0 Å². The van der Waals surface area contributed by atoms with E-state index in [4.69, 9.17) is 0 Å². The molecule has 5 heteroatoms. The number of anilines is 2. The van der Waals surface area contributed by atoms with E-state index in [-0.39, 0.29) is 5.82 Å². The lowest BCUT2D eigenvalue weighted by molar-refractivity contribution is 0.621. The van der Waals surface area contributed by atoms with Gasteiger partial charge in [0.25, 0.3) is 0 Å². The zero-order valence-corrected chi connectivity index (χ0v) is 9.62. The molecule has 0 radical (unpaired) electrons. The second-order valence-corrected chi connectivity index (χ2v) is 3.97. The summed E-state index contributed by atoms with van der Waals surface area (Å²) < 4.78 is 15.5. The molecule has 0 unspecified atom stereocenters. The van der Waals surface area contributed by atoms with E-state index in [1.54, 1.807) is 18.3 Å². The summed E-state index contributed by atoms with van der Waals surface area (Å²) in [7, 11) is 1.87. The molecule has 0 atom stereocenters. The number of aromatic nitrogens is 2. The zero-order chi connectivity index (χ0) is 10.8. The van der Waals surface area contributed by atoms with Crippen LogP contribution in [0, 0.1) is 5.82 Å². The van der Waals surface area contributed by atoms with Gasteiger partial charge in [0, 0.05) is 25.1 Å². The van der Waals surface area contributed by atoms with Gasteiger partial charge in [-0.2, -0.15) is 0 Å². The number of rotatable bonds is 2. The number of nitrogens with one attached hydrogen (secondary N) is 1. The van der Waals surface area contributed by atoms with Crippen LogP contribution in [-0.2, 0) is 7.05 Å². The van der Waals surface area contributed by atoms with Gasteiger partial charge in [-0.15, -0.1) is 0 Å². The van der Waals surface area contributed by atoms with Crippen molar-refractivity contribution in [2.45, 2.75) is 0 Å². The number of benzene rings is 1. The molecule has 15 heavy (non-hydrogen) atoms. The van der Waals surface area contributed by atoms with Crippen LogP contribution in [0.2, 0.25) is 0 Å². The second kappa shape index (κ2) is 4.02. The summed E-state index contributed by atoms with van der Waals surface area (Å²) in [5.41, 5.74) is 0.671. The first kappa shape index (κ1) is 10.2. The van der Waals surface area contributed by atoms with E-state index in [2.05, 4.69) is 26.2 Å². The fourth-order valence-electron chi connectivity index (χ4n) is 1.19. The summed E-state index contributed by atoms with van der Waals surface area (Å²) in [5, 5.41) is 3.01. The highest BCUT2D eigenvalue weighted by molar-refractivity contribution is 9.10. The van der Waals surface area contributed by atoms with Crippen molar-refractivity contribution in [1.29, 1.82) is 0 Å². The molecule has 2 rings (SSSR count). The van der Waals surface area contributed by atoms with Crippen molar-refractivity contribution in [3.8, 4) is 0 Å². The highest BCUT2D eigenvalue weighted by atomic mass is 79.9. The minimum absolute atomic E-state index is 0.297. The molecule has 1 heterocycles. The van der Waals surface area contributed by atoms with Crippen LogP contribution in [0.15, 0.2) is 35.1 Å². The first-order valence-electron chi connectivity index (χ1n) is 4.36. The van der Waals surface area contributed by atoms with Gasteiger partial charge in [0.1, 0.15) is 5.82 Å². The van der Waals surface area contributed by atoms with Crippen LogP contribution < -0.4 is 5.32 Å². The Morgan fingerprint density at radius 1 is 1.47 bits per heavy atom. The Kier molecular flexibility index (Phi) is 2.73. The van der Waals surface area contributed by atoms with Crippen LogP contribution in [0.25, 0.3) is 0 Å². The molecule has 0 spiro atoms. The van der Waals surface area contributed by atoms with Gasteiger partial charge in [0.15, 0.2) is 0 Å². The fourth-order valence-corrected chi connectivity index (χ4v) is 1.44. The van der Waals surface area contributed by atoms with Gasteiger partial charge in [-0.3, -0.25) is 0 Å². The molecule has 2 aromatic rings. The van der Waals surface area contributed by atoms with Crippen molar-refractivity contribution in [2.24, 2.45) is 7.05 Å². The van der Waals surface area contributed by atoms with Gasteiger partial charge in [-0.05, 0) is 34.1 Å². The van der Waals surface area contributed by atoms with Crippen molar-refractivity contribution >= 4 is 27.6 Å². The Hall–Kier alpha value is -1.36. The summed E-state index contributed by atoms with van der Waals surface area (Å²) in [6.07, 6.45) is 3.50. The predicted octanol–water partition coefficient (Wildman–Crippen LogP) is 3.07. The zero-order valence-electron chi connectivity index (χ0n) is 8.04. The van der Waals surface area contributed by atoms with Crippen LogP contribution in [0.3, 0.4) is 0 Å².